The highest BCUT2D eigenvalue weighted by atomic mass is 32.2. The van der Waals surface area contributed by atoms with Gasteiger partial charge >= 0.3 is 6.08 Å². The summed E-state index contributed by atoms with van der Waals surface area (Å²) in [7, 11) is -3.70. The third kappa shape index (κ3) is 3.37. The molecule has 0 aromatic heterocycles. The standard InChI is InChI=1S/C10H9F3O2S/c11-9(10(12)13)6-7-16(14,15)8-4-2-1-3-5-8/h1-5H,6-7H2. The predicted octanol–water partition coefficient (Wildman–Crippen LogP) is 2.93. The molecule has 0 N–H and O–H groups in total. The van der Waals surface area contributed by atoms with E-state index < -0.39 is 33.9 Å². The van der Waals surface area contributed by atoms with Gasteiger partial charge in [0.15, 0.2) is 15.7 Å². The van der Waals surface area contributed by atoms with Crippen LogP contribution in [0.15, 0.2) is 47.1 Å². The number of hydrogen-bond donors (Lipinski definition) is 0. The summed E-state index contributed by atoms with van der Waals surface area (Å²) < 4.78 is 58.9. The maximum absolute atomic E-state index is 12.4. The van der Waals surface area contributed by atoms with Gasteiger partial charge in [-0.3, -0.25) is 0 Å². The second-order valence-corrected chi connectivity index (χ2v) is 5.16. The zero-order chi connectivity index (χ0) is 12.2. The number of benzene rings is 1. The first-order chi connectivity index (χ1) is 7.43. The van der Waals surface area contributed by atoms with E-state index in [0.717, 1.165) is 0 Å². The number of sulfone groups is 1. The van der Waals surface area contributed by atoms with Gasteiger partial charge in [-0.25, -0.2) is 12.8 Å². The van der Waals surface area contributed by atoms with Crippen molar-refractivity contribution in [1.29, 1.82) is 0 Å². The predicted molar refractivity (Wildman–Crippen MR) is 53.5 cm³/mol. The first kappa shape index (κ1) is 12.8. The Bertz CT molecular complexity index is 476. The first-order valence-electron chi connectivity index (χ1n) is 4.41. The van der Waals surface area contributed by atoms with E-state index in [1.54, 1.807) is 6.07 Å². The van der Waals surface area contributed by atoms with Crippen molar-refractivity contribution in [3.63, 3.8) is 0 Å². The molecule has 2 nitrogen and oxygen atoms in total. The molecular weight excluding hydrogens is 241 g/mol. The monoisotopic (exact) mass is 250 g/mol. The fourth-order valence-corrected chi connectivity index (χ4v) is 2.32. The highest BCUT2D eigenvalue weighted by Crippen LogP contribution is 2.17. The van der Waals surface area contributed by atoms with Gasteiger partial charge in [-0.05, 0) is 12.1 Å². The van der Waals surface area contributed by atoms with Crippen molar-refractivity contribution in [3.05, 3.63) is 42.2 Å². The summed E-state index contributed by atoms with van der Waals surface area (Å²) in [5, 5.41) is 0. The molecule has 6 heteroatoms. The third-order valence-corrected chi connectivity index (χ3v) is 3.63. The van der Waals surface area contributed by atoms with Gasteiger partial charge < -0.3 is 0 Å². The SMILES string of the molecule is O=S(=O)(CCC(F)=C(F)F)c1ccccc1. The molecule has 0 bridgehead atoms. The summed E-state index contributed by atoms with van der Waals surface area (Å²) in [5.41, 5.74) is 0. The van der Waals surface area contributed by atoms with E-state index in [4.69, 9.17) is 0 Å². The summed E-state index contributed by atoms with van der Waals surface area (Å²) in [4.78, 5) is 0.00191. The van der Waals surface area contributed by atoms with E-state index in [2.05, 4.69) is 0 Å². The van der Waals surface area contributed by atoms with Gasteiger partial charge in [0, 0.05) is 6.42 Å². The molecule has 1 aromatic carbocycles. The van der Waals surface area contributed by atoms with E-state index in [0.29, 0.717) is 0 Å². The van der Waals surface area contributed by atoms with Gasteiger partial charge in [-0.2, -0.15) is 8.78 Å². The second kappa shape index (κ2) is 5.16. The van der Waals surface area contributed by atoms with Crippen LogP contribution in [0.2, 0.25) is 0 Å². The Kier molecular flexibility index (Phi) is 4.12. The Hall–Kier alpha value is -1.30. The minimum Gasteiger partial charge on any atom is -0.224 e. The lowest BCUT2D eigenvalue weighted by Crippen LogP contribution is -2.06. The number of halogens is 3. The molecule has 0 aliphatic rings. The normalized spacial score (nSPS) is 11.2. The van der Waals surface area contributed by atoms with Crippen LogP contribution >= 0.6 is 0 Å². The molecule has 0 aliphatic carbocycles. The number of hydrogen-bond acceptors (Lipinski definition) is 2. The van der Waals surface area contributed by atoms with Crippen LogP contribution in [-0.2, 0) is 9.84 Å². The van der Waals surface area contributed by atoms with Crippen molar-refractivity contribution >= 4 is 9.84 Å². The van der Waals surface area contributed by atoms with Crippen molar-refractivity contribution in [2.24, 2.45) is 0 Å². The Morgan fingerprint density at radius 2 is 1.62 bits per heavy atom. The molecule has 1 rings (SSSR count). The molecule has 0 amide bonds. The van der Waals surface area contributed by atoms with Crippen LogP contribution in [0.1, 0.15) is 6.42 Å². The van der Waals surface area contributed by atoms with Crippen LogP contribution in [-0.4, -0.2) is 14.2 Å². The fourth-order valence-electron chi connectivity index (χ4n) is 1.06. The molecule has 0 radical (unpaired) electrons. The lowest BCUT2D eigenvalue weighted by Gasteiger charge is -2.02. The highest BCUT2D eigenvalue weighted by molar-refractivity contribution is 7.91. The van der Waals surface area contributed by atoms with Crippen molar-refractivity contribution in [2.45, 2.75) is 11.3 Å². The van der Waals surface area contributed by atoms with Crippen LogP contribution in [0.25, 0.3) is 0 Å². The second-order valence-electron chi connectivity index (χ2n) is 3.05. The number of allylic oxidation sites excluding steroid dienone is 1. The van der Waals surface area contributed by atoms with Gasteiger partial charge in [-0.15, -0.1) is 0 Å². The molecular formula is C10H9F3O2S. The molecule has 0 saturated carbocycles. The Morgan fingerprint density at radius 3 is 2.12 bits per heavy atom. The van der Waals surface area contributed by atoms with Crippen LogP contribution in [0.4, 0.5) is 13.2 Å². The molecule has 0 fully saturated rings. The smallest absolute Gasteiger partial charge is 0.224 e. The maximum Gasteiger partial charge on any atom is 0.301 e. The van der Waals surface area contributed by atoms with Crippen LogP contribution in [0.5, 0.6) is 0 Å². The van der Waals surface area contributed by atoms with Gasteiger partial charge in [0.05, 0.1) is 10.6 Å². The van der Waals surface area contributed by atoms with Crippen molar-refractivity contribution < 1.29 is 21.6 Å². The third-order valence-electron chi connectivity index (χ3n) is 1.90. The van der Waals surface area contributed by atoms with Gasteiger partial charge in [0.1, 0.15) is 0 Å². The fraction of sp³-hybridized carbons (Fsp3) is 0.200. The lowest BCUT2D eigenvalue weighted by molar-refractivity contribution is 0.373. The van der Waals surface area contributed by atoms with E-state index >= 15 is 0 Å². The minimum atomic E-state index is -3.70. The molecule has 16 heavy (non-hydrogen) atoms. The van der Waals surface area contributed by atoms with Crippen molar-refractivity contribution in [3.8, 4) is 0 Å². The molecule has 1 aromatic rings. The average Bonchev–Trinajstić information content (AvgIpc) is 2.27. The summed E-state index contributed by atoms with van der Waals surface area (Å²) in [6, 6.07) is 7.32. The van der Waals surface area contributed by atoms with Crippen LogP contribution in [0, 0.1) is 0 Å². The molecule has 0 spiro atoms. The summed E-state index contributed by atoms with van der Waals surface area (Å²) in [5.74, 6) is -2.35. The van der Waals surface area contributed by atoms with Crippen molar-refractivity contribution in [1.82, 2.24) is 0 Å². The van der Waals surface area contributed by atoms with E-state index in [1.807, 2.05) is 0 Å². The van der Waals surface area contributed by atoms with E-state index in [9.17, 15) is 21.6 Å². The van der Waals surface area contributed by atoms with Crippen LogP contribution in [0.3, 0.4) is 0 Å². The largest absolute Gasteiger partial charge is 0.301 e. The zero-order valence-electron chi connectivity index (χ0n) is 8.16. The van der Waals surface area contributed by atoms with E-state index in [1.165, 1.54) is 24.3 Å². The topological polar surface area (TPSA) is 34.1 Å². The van der Waals surface area contributed by atoms with Gasteiger partial charge in [0.2, 0.25) is 0 Å². The molecule has 0 saturated heterocycles. The average molecular weight is 250 g/mol. The minimum absolute atomic E-state index is 0.00191. The van der Waals surface area contributed by atoms with Crippen LogP contribution < -0.4 is 0 Å². The Labute approximate surface area is 91.3 Å². The van der Waals surface area contributed by atoms with E-state index in [-0.39, 0.29) is 4.90 Å². The summed E-state index contributed by atoms with van der Waals surface area (Å²) >= 11 is 0. The molecule has 0 atom stereocenters. The molecule has 0 unspecified atom stereocenters. The van der Waals surface area contributed by atoms with Gasteiger partial charge in [0.25, 0.3) is 0 Å². The Morgan fingerprint density at radius 1 is 1.06 bits per heavy atom. The lowest BCUT2D eigenvalue weighted by atomic mass is 10.4. The maximum atomic E-state index is 12.4. The number of rotatable bonds is 4. The zero-order valence-corrected chi connectivity index (χ0v) is 8.98. The highest BCUT2D eigenvalue weighted by Gasteiger charge is 2.16. The summed E-state index contributed by atoms with van der Waals surface area (Å²) in [6.45, 7) is 0. The first-order valence-corrected chi connectivity index (χ1v) is 6.06. The van der Waals surface area contributed by atoms with Crippen molar-refractivity contribution in [2.75, 3.05) is 5.75 Å². The molecule has 0 aliphatic heterocycles. The Balaban J connectivity index is 2.79. The van der Waals surface area contributed by atoms with Gasteiger partial charge in [-0.1, -0.05) is 18.2 Å². The summed E-state index contributed by atoms with van der Waals surface area (Å²) in [6.07, 6.45) is -3.28. The molecule has 0 heterocycles. The quantitative estimate of drug-likeness (QED) is 0.823. The molecule has 88 valence electrons.